The van der Waals surface area contributed by atoms with Gasteiger partial charge in [0.15, 0.2) is 5.69 Å². The van der Waals surface area contributed by atoms with Crippen LogP contribution in [0.3, 0.4) is 0 Å². The van der Waals surface area contributed by atoms with Gasteiger partial charge in [-0.05, 0) is 18.6 Å². The van der Waals surface area contributed by atoms with Crippen LogP contribution >= 0.6 is 0 Å². The number of hydrogen-bond acceptors (Lipinski definition) is 6. The zero-order valence-corrected chi connectivity index (χ0v) is 10.5. The summed E-state index contributed by atoms with van der Waals surface area (Å²) in [5.74, 6) is -0.00788. The molecule has 1 saturated heterocycles. The largest absolute Gasteiger partial charge is 0.383 e. The summed E-state index contributed by atoms with van der Waals surface area (Å²) in [7, 11) is 0. The third kappa shape index (κ3) is 1.97. The smallest absolute Gasteiger partial charge is 0.218 e. The van der Waals surface area contributed by atoms with E-state index in [0.29, 0.717) is 11.3 Å². The van der Waals surface area contributed by atoms with Gasteiger partial charge in [-0.1, -0.05) is 5.21 Å². The van der Waals surface area contributed by atoms with Crippen LogP contribution in [0, 0.1) is 6.92 Å². The van der Waals surface area contributed by atoms with Crippen LogP contribution in [-0.2, 0) is 0 Å². The molecule has 98 valence electrons. The maximum atomic E-state index is 12.4. The average molecular weight is 258 g/mol. The Labute approximate surface area is 109 Å². The first-order valence-electron chi connectivity index (χ1n) is 6.05. The number of ketones is 1. The van der Waals surface area contributed by atoms with Crippen LogP contribution in [0.15, 0.2) is 18.5 Å². The van der Waals surface area contributed by atoms with Gasteiger partial charge in [0.1, 0.15) is 5.82 Å². The summed E-state index contributed by atoms with van der Waals surface area (Å²) >= 11 is 0. The molecule has 3 rings (SSSR count). The molecule has 2 aromatic heterocycles. The lowest BCUT2D eigenvalue weighted by molar-refractivity contribution is 0.103. The second-order valence-corrected chi connectivity index (χ2v) is 4.61. The van der Waals surface area contributed by atoms with Gasteiger partial charge in [0.25, 0.3) is 0 Å². The molecule has 0 amide bonds. The van der Waals surface area contributed by atoms with Gasteiger partial charge in [-0.3, -0.25) is 4.79 Å². The fraction of sp³-hybridized carbons (Fsp3) is 0.333. The molecule has 1 aliphatic heterocycles. The van der Waals surface area contributed by atoms with Crippen molar-refractivity contribution in [1.82, 2.24) is 25.3 Å². The van der Waals surface area contributed by atoms with Crippen molar-refractivity contribution < 1.29 is 4.79 Å². The first-order chi connectivity index (χ1) is 9.16. The summed E-state index contributed by atoms with van der Waals surface area (Å²) in [6, 6.07) is 2.03. The zero-order valence-electron chi connectivity index (χ0n) is 10.5. The molecule has 7 heteroatoms. The Balaban J connectivity index is 1.93. The fourth-order valence-electron chi connectivity index (χ4n) is 2.02. The molecule has 0 atom stereocenters. The number of anilines is 1. The maximum Gasteiger partial charge on any atom is 0.218 e. The second-order valence-electron chi connectivity index (χ2n) is 4.61. The van der Waals surface area contributed by atoms with E-state index in [1.165, 1.54) is 0 Å². The van der Waals surface area contributed by atoms with Gasteiger partial charge in [-0.25, -0.2) is 9.67 Å². The lowest BCUT2D eigenvalue weighted by Crippen LogP contribution is -2.43. The molecule has 0 saturated carbocycles. The molecule has 2 aromatic rings. The van der Waals surface area contributed by atoms with Crippen LogP contribution in [0.4, 0.5) is 5.82 Å². The van der Waals surface area contributed by atoms with E-state index in [-0.39, 0.29) is 17.6 Å². The van der Waals surface area contributed by atoms with E-state index in [9.17, 15) is 4.79 Å². The molecule has 3 N–H and O–H groups in total. The van der Waals surface area contributed by atoms with Crippen molar-refractivity contribution in [2.24, 2.45) is 0 Å². The summed E-state index contributed by atoms with van der Waals surface area (Å²) in [6.45, 7) is 3.53. The van der Waals surface area contributed by atoms with Crippen LogP contribution in [0.5, 0.6) is 0 Å². The number of nitrogen functional groups attached to an aromatic ring is 1. The maximum absolute atomic E-state index is 12.4. The summed E-state index contributed by atoms with van der Waals surface area (Å²) in [5.41, 5.74) is 7.26. The number of hydrogen-bond donors (Lipinski definition) is 2. The molecule has 7 nitrogen and oxygen atoms in total. The average Bonchev–Trinajstić information content (AvgIpc) is 2.75. The number of nitrogens with one attached hydrogen (secondary N) is 1. The van der Waals surface area contributed by atoms with Crippen molar-refractivity contribution >= 4 is 11.6 Å². The highest BCUT2D eigenvalue weighted by Crippen LogP contribution is 2.18. The minimum absolute atomic E-state index is 0.227. The summed E-state index contributed by atoms with van der Waals surface area (Å²) in [5, 5.41) is 11.1. The molecular weight excluding hydrogens is 244 g/mol. The van der Waals surface area contributed by atoms with E-state index < -0.39 is 0 Å². The standard InChI is InChI=1S/C12H14N6O/c1-7-2-3-15-12(13)10(7)11(19)9-6-18(17-16-9)8-4-14-5-8/h2-3,6,8,14H,4-5H2,1H3,(H2,13,15). The number of aromatic nitrogens is 4. The number of pyridine rings is 1. The van der Waals surface area contributed by atoms with E-state index in [1.807, 2.05) is 6.92 Å². The van der Waals surface area contributed by atoms with Crippen LogP contribution in [0.1, 0.15) is 27.7 Å². The van der Waals surface area contributed by atoms with E-state index >= 15 is 0 Å². The molecule has 0 aliphatic carbocycles. The summed E-state index contributed by atoms with van der Waals surface area (Å²) in [4.78, 5) is 16.3. The number of nitrogens with two attached hydrogens (primary N) is 1. The van der Waals surface area contributed by atoms with Crippen LogP contribution < -0.4 is 11.1 Å². The van der Waals surface area contributed by atoms with Crippen LogP contribution in [0.25, 0.3) is 0 Å². The Morgan fingerprint density at radius 2 is 2.32 bits per heavy atom. The molecule has 3 heterocycles. The van der Waals surface area contributed by atoms with Crippen LogP contribution in [-0.4, -0.2) is 38.9 Å². The molecule has 0 bridgehead atoms. The zero-order chi connectivity index (χ0) is 13.4. The predicted molar refractivity (Wildman–Crippen MR) is 68.7 cm³/mol. The van der Waals surface area contributed by atoms with Gasteiger partial charge in [0.2, 0.25) is 5.78 Å². The molecule has 0 spiro atoms. The minimum atomic E-state index is -0.235. The van der Waals surface area contributed by atoms with Gasteiger partial charge in [-0.2, -0.15) is 0 Å². The highest BCUT2D eigenvalue weighted by Gasteiger charge is 2.23. The van der Waals surface area contributed by atoms with Gasteiger partial charge < -0.3 is 11.1 Å². The molecule has 19 heavy (non-hydrogen) atoms. The minimum Gasteiger partial charge on any atom is -0.383 e. The van der Waals surface area contributed by atoms with Gasteiger partial charge in [-0.15, -0.1) is 5.10 Å². The Bertz CT molecular complexity index is 611. The van der Waals surface area contributed by atoms with Crippen molar-refractivity contribution in [3.05, 3.63) is 35.3 Å². The first-order valence-corrected chi connectivity index (χ1v) is 6.05. The molecule has 0 radical (unpaired) electrons. The number of carbonyl (C=O) groups excluding carboxylic acids is 1. The van der Waals surface area contributed by atoms with E-state index in [4.69, 9.17) is 5.73 Å². The number of carbonyl (C=O) groups is 1. The second kappa shape index (κ2) is 4.43. The summed E-state index contributed by atoms with van der Waals surface area (Å²) in [6.07, 6.45) is 3.25. The monoisotopic (exact) mass is 258 g/mol. The van der Waals surface area contributed by atoms with Crippen molar-refractivity contribution in [3.63, 3.8) is 0 Å². The predicted octanol–water partition coefficient (Wildman–Crippen LogP) is -0.0610. The number of rotatable bonds is 3. The lowest BCUT2D eigenvalue weighted by Gasteiger charge is -2.26. The Morgan fingerprint density at radius 1 is 1.53 bits per heavy atom. The van der Waals surface area contributed by atoms with Crippen molar-refractivity contribution in [2.75, 3.05) is 18.8 Å². The molecule has 1 fully saturated rings. The molecule has 0 aromatic carbocycles. The van der Waals surface area contributed by atoms with E-state index in [0.717, 1.165) is 18.7 Å². The molecular formula is C12H14N6O. The van der Waals surface area contributed by atoms with E-state index in [1.54, 1.807) is 23.1 Å². The van der Waals surface area contributed by atoms with E-state index in [2.05, 4.69) is 20.6 Å². The Kier molecular flexibility index (Phi) is 2.75. The quantitative estimate of drug-likeness (QED) is 0.748. The van der Waals surface area contributed by atoms with Gasteiger partial charge >= 0.3 is 0 Å². The third-order valence-corrected chi connectivity index (χ3v) is 3.29. The van der Waals surface area contributed by atoms with Crippen molar-refractivity contribution in [1.29, 1.82) is 0 Å². The van der Waals surface area contributed by atoms with Gasteiger partial charge in [0.05, 0.1) is 17.8 Å². The van der Waals surface area contributed by atoms with Gasteiger partial charge in [0, 0.05) is 19.3 Å². The van der Waals surface area contributed by atoms with Crippen LogP contribution in [0.2, 0.25) is 0 Å². The highest BCUT2D eigenvalue weighted by atomic mass is 16.1. The summed E-state index contributed by atoms with van der Waals surface area (Å²) < 4.78 is 1.71. The van der Waals surface area contributed by atoms with Crippen molar-refractivity contribution in [3.8, 4) is 0 Å². The Morgan fingerprint density at radius 3 is 2.95 bits per heavy atom. The lowest BCUT2D eigenvalue weighted by atomic mass is 10.0. The fourth-order valence-corrected chi connectivity index (χ4v) is 2.02. The molecule has 0 unspecified atom stereocenters. The first kappa shape index (κ1) is 11.8. The SMILES string of the molecule is Cc1ccnc(N)c1C(=O)c1cn(C2CNC2)nn1. The highest BCUT2D eigenvalue weighted by molar-refractivity contribution is 6.11. The number of nitrogens with zero attached hydrogens (tertiary/aromatic N) is 4. The normalized spacial score (nSPS) is 15.2. The molecule has 1 aliphatic rings. The number of aryl methyl sites for hydroxylation is 1. The third-order valence-electron chi connectivity index (χ3n) is 3.29. The topological polar surface area (TPSA) is 98.7 Å². The Hall–Kier alpha value is -2.28. The van der Waals surface area contributed by atoms with Crippen molar-refractivity contribution in [2.45, 2.75) is 13.0 Å².